The van der Waals surface area contributed by atoms with Crippen LogP contribution in [-0.2, 0) is 9.59 Å². The van der Waals surface area contributed by atoms with Gasteiger partial charge in [0.25, 0.3) is 11.1 Å². The van der Waals surface area contributed by atoms with E-state index >= 15 is 0 Å². The number of carbonyl (C=O) groups is 4. The number of para-hydroxylation sites is 1. The Balaban J connectivity index is 1.78. The van der Waals surface area contributed by atoms with E-state index < -0.39 is 23.7 Å². The number of imide groups is 1. The van der Waals surface area contributed by atoms with Crippen molar-refractivity contribution in [1.82, 2.24) is 4.90 Å². The van der Waals surface area contributed by atoms with E-state index in [1.807, 2.05) is 0 Å². The number of ether oxygens (including phenoxy) is 1. The number of carboxylic acids is 1. The summed E-state index contributed by atoms with van der Waals surface area (Å²) in [7, 11) is 0. The average Bonchev–Trinajstić information content (AvgIpc) is 2.95. The number of Topliss-reactive ketones (excluding diaryl/α,β-unsaturated/α-hetero) is 1. The lowest BCUT2D eigenvalue weighted by atomic mass is 10.1. The highest BCUT2D eigenvalue weighted by Crippen LogP contribution is 2.34. The molecule has 0 unspecified atom stereocenters. The van der Waals surface area contributed by atoms with Gasteiger partial charge in [0.05, 0.1) is 11.4 Å². The standard InChI is InChI=1S/C20H15NO6S/c22-15(13-6-2-1-3-7-13)11-21-19(25)17(28-20(21)26)10-14-8-4-5-9-16(14)27-12-18(23)24/h1-10H,11-12H2,(H,23,24)/b17-10+. The average molecular weight is 397 g/mol. The van der Waals surface area contributed by atoms with Crippen LogP contribution in [-0.4, -0.2) is 46.1 Å². The number of ketones is 1. The van der Waals surface area contributed by atoms with Crippen LogP contribution in [0.25, 0.3) is 6.08 Å². The predicted octanol–water partition coefficient (Wildman–Crippen LogP) is 3.07. The number of rotatable bonds is 7. The molecule has 0 saturated carbocycles. The summed E-state index contributed by atoms with van der Waals surface area (Å²) >= 11 is 0.721. The molecule has 0 spiro atoms. The van der Waals surface area contributed by atoms with Crippen LogP contribution in [0.3, 0.4) is 0 Å². The molecule has 3 rings (SSSR count). The fourth-order valence-electron chi connectivity index (χ4n) is 2.51. The smallest absolute Gasteiger partial charge is 0.341 e. The van der Waals surface area contributed by atoms with E-state index in [9.17, 15) is 19.2 Å². The second-order valence-corrected chi connectivity index (χ2v) is 6.77. The molecule has 0 atom stereocenters. The van der Waals surface area contributed by atoms with Crippen LogP contribution >= 0.6 is 11.8 Å². The van der Waals surface area contributed by atoms with E-state index in [0.29, 0.717) is 11.1 Å². The number of hydrogen-bond donors (Lipinski definition) is 1. The molecule has 0 aliphatic carbocycles. The van der Waals surface area contributed by atoms with Gasteiger partial charge in [-0.3, -0.25) is 19.3 Å². The van der Waals surface area contributed by atoms with Gasteiger partial charge >= 0.3 is 5.97 Å². The van der Waals surface area contributed by atoms with Gasteiger partial charge in [-0.05, 0) is 23.9 Å². The molecule has 142 valence electrons. The maximum absolute atomic E-state index is 12.6. The molecule has 1 saturated heterocycles. The van der Waals surface area contributed by atoms with Crippen molar-refractivity contribution in [2.75, 3.05) is 13.2 Å². The van der Waals surface area contributed by atoms with Gasteiger partial charge in [-0.1, -0.05) is 48.5 Å². The van der Waals surface area contributed by atoms with Crippen LogP contribution in [0.15, 0.2) is 59.5 Å². The lowest BCUT2D eigenvalue weighted by molar-refractivity contribution is -0.139. The summed E-state index contributed by atoms with van der Waals surface area (Å²) < 4.78 is 5.20. The first-order valence-electron chi connectivity index (χ1n) is 8.23. The molecule has 0 radical (unpaired) electrons. The maximum atomic E-state index is 12.6. The van der Waals surface area contributed by atoms with Crippen LogP contribution in [0.2, 0.25) is 0 Å². The topological polar surface area (TPSA) is 101 Å². The lowest BCUT2D eigenvalue weighted by Gasteiger charge is -2.11. The third kappa shape index (κ3) is 4.47. The molecule has 0 bridgehead atoms. The minimum Gasteiger partial charge on any atom is -0.481 e. The first kappa shape index (κ1) is 19.4. The van der Waals surface area contributed by atoms with Crippen LogP contribution in [0.4, 0.5) is 4.79 Å². The van der Waals surface area contributed by atoms with Crippen molar-refractivity contribution in [2.24, 2.45) is 0 Å². The molecule has 28 heavy (non-hydrogen) atoms. The molecule has 1 aliphatic rings. The van der Waals surface area contributed by atoms with E-state index in [1.54, 1.807) is 54.6 Å². The molecular weight excluding hydrogens is 382 g/mol. The number of thioether (sulfide) groups is 1. The van der Waals surface area contributed by atoms with Gasteiger partial charge in [0.1, 0.15) is 5.75 Å². The summed E-state index contributed by atoms with van der Waals surface area (Å²) in [4.78, 5) is 48.9. The maximum Gasteiger partial charge on any atom is 0.341 e. The molecule has 1 N–H and O–H groups in total. The summed E-state index contributed by atoms with van der Waals surface area (Å²) in [6.45, 7) is -0.874. The largest absolute Gasteiger partial charge is 0.481 e. The normalized spacial score (nSPS) is 15.1. The van der Waals surface area contributed by atoms with Gasteiger partial charge in [-0.2, -0.15) is 0 Å². The van der Waals surface area contributed by atoms with E-state index in [2.05, 4.69) is 0 Å². The van der Waals surface area contributed by atoms with Crippen molar-refractivity contribution in [2.45, 2.75) is 0 Å². The SMILES string of the molecule is O=C(O)COc1ccccc1/C=C1/SC(=O)N(CC(=O)c2ccccc2)C1=O. The number of benzene rings is 2. The minimum absolute atomic E-state index is 0.136. The van der Waals surface area contributed by atoms with Gasteiger partial charge in [0.2, 0.25) is 0 Å². The Morgan fingerprint density at radius 1 is 1.04 bits per heavy atom. The van der Waals surface area contributed by atoms with E-state index in [1.165, 1.54) is 6.08 Å². The van der Waals surface area contributed by atoms with Gasteiger partial charge in [-0.15, -0.1) is 0 Å². The highest BCUT2D eigenvalue weighted by molar-refractivity contribution is 8.18. The quantitative estimate of drug-likeness (QED) is 0.566. The molecular formula is C20H15NO6S. The predicted molar refractivity (Wildman–Crippen MR) is 103 cm³/mol. The zero-order chi connectivity index (χ0) is 20.1. The number of hydrogen-bond acceptors (Lipinski definition) is 6. The zero-order valence-corrected chi connectivity index (χ0v) is 15.3. The molecule has 1 fully saturated rings. The Morgan fingerprint density at radius 2 is 1.71 bits per heavy atom. The fourth-order valence-corrected chi connectivity index (χ4v) is 3.34. The van der Waals surface area contributed by atoms with E-state index in [0.717, 1.165) is 16.7 Å². The molecule has 1 heterocycles. The molecule has 7 nitrogen and oxygen atoms in total. The lowest BCUT2D eigenvalue weighted by Crippen LogP contribution is -2.33. The second kappa shape index (κ2) is 8.53. The zero-order valence-electron chi connectivity index (χ0n) is 14.5. The third-order valence-electron chi connectivity index (χ3n) is 3.83. The minimum atomic E-state index is -1.13. The first-order valence-corrected chi connectivity index (χ1v) is 9.04. The van der Waals surface area contributed by atoms with Crippen LogP contribution in [0.1, 0.15) is 15.9 Å². The number of aliphatic carboxylic acids is 1. The molecule has 8 heteroatoms. The number of carbonyl (C=O) groups excluding carboxylic acids is 3. The van der Waals surface area contributed by atoms with Crippen molar-refractivity contribution in [1.29, 1.82) is 0 Å². The van der Waals surface area contributed by atoms with Gasteiger partial charge < -0.3 is 9.84 Å². The summed E-state index contributed by atoms with van der Waals surface area (Å²) in [5.41, 5.74) is 0.876. The Labute approximate surface area is 164 Å². The molecule has 2 aromatic carbocycles. The summed E-state index contributed by atoms with van der Waals surface area (Å²) in [6, 6.07) is 15.0. The first-order chi connectivity index (χ1) is 13.5. The monoisotopic (exact) mass is 397 g/mol. The van der Waals surface area contributed by atoms with Crippen molar-refractivity contribution in [3.05, 3.63) is 70.6 Å². The second-order valence-electron chi connectivity index (χ2n) is 5.78. The van der Waals surface area contributed by atoms with Crippen molar-refractivity contribution >= 4 is 40.7 Å². The summed E-state index contributed by atoms with van der Waals surface area (Å²) in [5, 5.41) is 8.22. The Bertz CT molecular complexity index is 970. The highest BCUT2D eigenvalue weighted by Gasteiger charge is 2.36. The van der Waals surface area contributed by atoms with Crippen LogP contribution in [0, 0.1) is 0 Å². The number of amides is 2. The van der Waals surface area contributed by atoms with Gasteiger partial charge in [0, 0.05) is 11.1 Å². The number of nitrogens with zero attached hydrogens (tertiary/aromatic N) is 1. The molecule has 0 aromatic heterocycles. The van der Waals surface area contributed by atoms with Gasteiger partial charge in [0.15, 0.2) is 12.4 Å². The Hall–Kier alpha value is -3.39. The molecule has 2 aromatic rings. The third-order valence-corrected chi connectivity index (χ3v) is 4.74. The Morgan fingerprint density at radius 3 is 2.43 bits per heavy atom. The van der Waals surface area contributed by atoms with Gasteiger partial charge in [-0.25, -0.2) is 4.79 Å². The van der Waals surface area contributed by atoms with E-state index in [-0.39, 0.29) is 23.0 Å². The van der Waals surface area contributed by atoms with Crippen molar-refractivity contribution in [3.8, 4) is 5.75 Å². The van der Waals surface area contributed by atoms with Crippen LogP contribution < -0.4 is 4.74 Å². The van der Waals surface area contributed by atoms with Crippen molar-refractivity contribution < 1.29 is 29.0 Å². The molecule has 1 aliphatic heterocycles. The fraction of sp³-hybridized carbons (Fsp3) is 0.100. The molecule has 2 amide bonds. The summed E-state index contributed by atoms with van der Waals surface area (Å²) in [6.07, 6.45) is 1.45. The summed E-state index contributed by atoms with van der Waals surface area (Å²) in [5.74, 6) is -1.77. The highest BCUT2D eigenvalue weighted by atomic mass is 32.2. The Kier molecular flexibility index (Phi) is 5.90. The van der Waals surface area contributed by atoms with Crippen molar-refractivity contribution in [3.63, 3.8) is 0 Å². The van der Waals surface area contributed by atoms with E-state index in [4.69, 9.17) is 9.84 Å². The number of carboxylic acid groups (broad SMARTS) is 1. The van der Waals surface area contributed by atoms with Crippen LogP contribution in [0.5, 0.6) is 5.75 Å².